The standard InChI is InChI=1S/C18H10BrFN4O3S/c19-13-6-3-11(9-14(13)24(26)27)17(25)22-16-15(10-1-4-12(20)5-2-10)21-18-23(16)7-8-28-18/h1-9H,(H,22,25). The van der Waals surface area contributed by atoms with Gasteiger partial charge in [0.15, 0.2) is 4.96 Å². The molecule has 0 bridgehead atoms. The Hall–Kier alpha value is -3.11. The van der Waals surface area contributed by atoms with Crippen LogP contribution in [0.1, 0.15) is 10.4 Å². The number of hydrogen-bond acceptors (Lipinski definition) is 5. The van der Waals surface area contributed by atoms with Gasteiger partial charge < -0.3 is 5.32 Å². The van der Waals surface area contributed by atoms with E-state index in [2.05, 4.69) is 26.2 Å². The highest BCUT2D eigenvalue weighted by Gasteiger charge is 2.20. The van der Waals surface area contributed by atoms with Gasteiger partial charge in [0.2, 0.25) is 0 Å². The first-order valence-electron chi connectivity index (χ1n) is 7.91. The fourth-order valence-electron chi connectivity index (χ4n) is 2.69. The van der Waals surface area contributed by atoms with Gasteiger partial charge in [0.05, 0.1) is 9.40 Å². The maximum Gasteiger partial charge on any atom is 0.284 e. The molecule has 0 aliphatic carbocycles. The Balaban J connectivity index is 1.75. The van der Waals surface area contributed by atoms with Crippen molar-refractivity contribution in [3.05, 3.63) is 80.0 Å². The summed E-state index contributed by atoms with van der Waals surface area (Å²) < 4.78 is 15.2. The van der Waals surface area contributed by atoms with E-state index in [1.807, 2.05) is 5.38 Å². The van der Waals surface area contributed by atoms with Gasteiger partial charge in [-0.05, 0) is 52.3 Å². The molecule has 0 fully saturated rings. The van der Waals surface area contributed by atoms with Crippen molar-refractivity contribution in [3.63, 3.8) is 0 Å². The lowest BCUT2D eigenvalue weighted by Crippen LogP contribution is -2.14. The van der Waals surface area contributed by atoms with Crippen molar-refractivity contribution in [2.24, 2.45) is 0 Å². The highest BCUT2D eigenvalue weighted by atomic mass is 79.9. The molecule has 0 unspecified atom stereocenters. The third kappa shape index (κ3) is 3.27. The summed E-state index contributed by atoms with van der Waals surface area (Å²) in [6.45, 7) is 0. The molecule has 0 aliphatic rings. The number of carbonyl (C=O) groups is 1. The summed E-state index contributed by atoms with van der Waals surface area (Å²) in [5, 5.41) is 15.7. The van der Waals surface area contributed by atoms with Crippen molar-refractivity contribution < 1.29 is 14.1 Å². The van der Waals surface area contributed by atoms with Crippen LogP contribution in [0.3, 0.4) is 0 Å². The predicted molar refractivity (Wildman–Crippen MR) is 107 cm³/mol. The number of fused-ring (bicyclic) bond motifs is 1. The monoisotopic (exact) mass is 460 g/mol. The fourth-order valence-corrected chi connectivity index (χ4v) is 3.79. The number of aromatic nitrogens is 2. The van der Waals surface area contributed by atoms with Crippen LogP contribution < -0.4 is 5.32 Å². The van der Waals surface area contributed by atoms with Crippen LogP contribution in [0.15, 0.2) is 58.5 Å². The molecule has 10 heteroatoms. The zero-order valence-electron chi connectivity index (χ0n) is 13.9. The van der Waals surface area contributed by atoms with Crippen LogP contribution in [0.2, 0.25) is 0 Å². The molecule has 28 heavy (non-hydrogen) atoms. The van der Waals surface area contributed by atoms with Crippen LogP contribution in [0, 0.1) is 15.9 Å². The van der Waals surface area contributed by atoms with E-state index in [9.17, 15) is 19.3 Å². The normalized spacial score (nSPS) is 10.9. The third-order valence-electron chi connectivity index (χ3n) is 4.02. The molecular formula is C18H10BrFN4O3S. The summed E-state index contributed by atoms with van der Waals surface area (Å²) in [7, 11) is 0. The van der Waals surface area contributed by atoms with Gasteiger partial charge in [-0.25, -0.2) is 9.37 Å². The van der Waals surface area contributed by atoms with Crippen LogP contribution in [0.25, 0.3) is 16.2 Å². The Morgan fingerprint density at radius 1 is 1.25 bits per heavy atom. The number of halogens is 2. The van der Waals surface area contributed by atoms with E-state index in [0.717, 1.165) is 0 Å². The van der Waals surface area contributed by atoms with Crippen LogP contribution >= 0.6 is 27.3 Å². The highest BCUT2D eigenvalue weighted by molar-refractivity contribution is 9.10. The molecule has 2 heterocycles. The number of nitro benzene ring substituents is 1. The molecule has 0 spiro atoms. The van der Waals surface area contributed by atoms with Crippen molar-refractivity contribution in [2.45, 2.75) is 0 Å². The number of nitrogens with zero attached hydrogens (tertiary/aromatic N) is 3. The second kappa shape index (κ2) is 7.13. The van der Waals surface area contributed by atoms with Crippen LogP contribution in [-0.2, 0) is 0 Å². The topological polar surface area (TPSA) is 89.5 Å². The van der Waals surface area contributed by atoms with Gasteiger partial charge >= 0.3 is 0 Å². The van der Waals surface area contributed by atoms with E-state index in [1.165, 1.54) is 41.7 Å². The average molecular weight is 461 g/mol. The average Bonchev–Trinajstić information content (AvgIpc) is 3.25. The minimum absolute atomic E-state index is 0.130. The van der Waals surface area contributed by atoms with E-state index in [-0.39, 0.29) is 21.5 Å². The van der Waals surface area contributed by atoms with E-state index in [4.69, 9.17) is 0 Å². The Morgan fingerprint density at radius 2 is 2.00 bits per heavy atom. The molecule has 4 aromatic rings. The Labute approximate surface area is 169 Å². The van der Waals surface area contributed by atoms with Crippen LogP contribution in [-0.4, -0.2) is 20.2 Å². The van der Waals surface area contributed by atoms with Gasteiger partial charge in [-0.2, -0.15) is 0 Å². The zero-order chi connectivity index (χ0) is 19.8. The fraction of sp³-hybridized carbons (Fsp3) is 0. The van der Waals surface area contributed by atoms with Gasteiger partial charge in [0.1, 0.15) is 17.3 Å². The van der Waals surface area contributed by atoms with Crippen LogP contribution in [0.5, 0.6) is 0 Å². The lowest BCUT2D eigenvalue weighted by Gasteiger charge is -2.08. The summed E-state index contributed by atoms with van der Waals surface area (Å²) in [5.74, 6) is -0.497. The number of hydrogen-bond donors (Lipinski definition) is 1. The van der Waals surface area contributed by atoms with E-state index in [1.54, 1.807) is 22.7 Å². The third-order valence-corrected chi connectivity index (χ3v) is 5.44. The van der Waals surface area contributed by atoms with E-state index < -0.39 is 10.8 Å². The summed E-state index contributed by atoms with van der Waals surface area (Å²) in [5.41, 5.74) is 1.03. The second-order valence-electron chi connectivity index (χ2n) is 5.75. The summed E-state index contributed by atoms with van der Waals surface area (Å²) in [6, 6.07) is 9.89. The lowest BCUT2D eigenvalue weighted by molar-refractivity contribution is -0.385. The molecule has 7 nitrogen and oxygen atoms in total. The number of imidazole rings is 1. The zero-order valence-corrected chi connectivity index (χ0v) is 16.3. The van der Waals surface area contributed by atoms with Gasteiger partial charge in [-0.15, -0.1) is 11.3 Å². The molecule has 0 radical (unpaired) electrons. The van der Waals surface area contributed by atoms with Crippen LogP contribution in [0.4, 0.5) is 15.9 Å². The van der Waals surface area contributed by atoms with Gasteiger partial charge in [-0.1, -0.05) is 0 Å². The molecule has 0 saturated carbocycles. The number of anilines is 1. The number of thiazole rings is 1. The Morgan fingerprint density at radius 3 is 2.71 bits per heavy atom. The first-order chi connectivity index (χ1) is 13.4. The van der Waals surface area contributed by atoms with Crippen molar-refractivity contribution in [3.8, 4) is 11.3 Å². The first kappa shape index (κ1) is 18.3. The molecule has 0 aliphatic heterocycles. The number of rotatable bonds is 4. The Bertz CT molecular complexity index is 1220. The minimum atomic E-state index is -0.569. The Kier molecular flexibility index (Phi) is 4.65. The molecule has 0 atom stereocenters. The SMILES string of the molecule is O=C(Nc1c(-c2ccc(F)cc2)nc2sccn12)c1ccc(Br)c([N+](=O)[O-])c1. The number of nitro groups is 1. The molecule has 2 aromatic heterocycles. The van der Waals surface area contributed by atoms with E-state index in [0.29, 0.717) is 22.0 Å². The summed E-state index contributed by atoms with van der Waals surface area (Å²) in [4.78, 5) is 28.5. The molecule has 1 amide bonds. The maximum atomic E-state index is 13.3. The minimum Gasteiger partial charge on any atom is -0.306 e. The second-order valence-corrected chi connectivity index (χ2v) is 7.48. The quantitative estimate of drug-likeness (QED) is 0.337. The number of nitrogens with one attached hydrogen (secondary N) is 1. The van der Waals surface area contributed by atoms with Crippen molar-refractivity contribution >= 4 is 49.6 Å². The lowest BCUT2D eigenvalue weighted by atomic mass is 10.1. The molecular weight excluding hydrogens is 451 g/mol. The predicted octanol–water partition coefficient (Wildman–Crippen LogP) is 5.12. The molecule has 0 saturated heterocycles. The van der Waals surface area contributed by atoms with Crippen molar-refractivity contribution in [2.75, 3.05) is 5.32 Å². The van der Waals surface area contributed by atoms with Gasteiger partial charge in [-0.3, -0.25) is 19.3 Å². The molecule has 1 N–H and O–H groups in total. The largest absolute Gasteiger partial charge is 0.306 e. The van der Waals surface area contributed by atoms with Crippen molar-refractivity contribution in [1.29, 1.82) is 0 Å². The van der Waals surface area contributed by atoms with Crippen molar-refractivity contribution in [1.82, 2.24) is 9.38 Å². The molecule has 140 valence electrons. The summed E-state index contributed by atoms with van der Waals surface area (Å²) in [6.07, 6.45) is 1.75. The number of carbonyl (C=O) groups excluding carboxylic acids is 1. The highest BCUT2D eigenvalue weighted by Crippen LogP contribution is 2.32. The molecule has 4 rings (SSSR count). The van der Waals surface area contributed by atoms with Gasteiger partial charge in [0.25, 0.3) is 11.6 Å². The summed E-state index contributed by atoms with van der Waals surface area (Å²) >= 11 is 4.48. The maximum absolute atomic E-state index is 13.3. The molecule has 2 aromatic carbocycles. The smallest absolute Gasteiger partial charge is 0.284 e. The first-order valence-corrected chi connectivity index (χ1v) is 9.58. The number of amides is 1. The van der Waals surface area contributed by atoms with E-state index >= 15 is 0 Å². The van der Waals surface area contributed by atoms with Gasteiger partial charge in [0, 0.05) is 28.8 Å². The number of benzene rings is 2.